The minimum atomic E-state index is 1.08. The Labute approximate surface area is 277 Å². The van der Waals surface area contributed by atoms with Gasteiger partial charge >= 0.3 is 0 Å². The molecule has 0 spiro atoms. The second-order valence-corrected chi connectivity index (χ2v) is 12.8. The quantitative estimate of drug-likeness (QED) is 0.153. The molecular formula is C46H30N2. The number of fused-ring (bicyclic) bond motifs is 9. The number of anilines is 4. The van der Waals surface area contributed by atoms with E-state index in [2.05, 4.69) is 174 Å². The lowest BCUT2D eigenvalue weighted by atomic mass is 9.91. The van der Waals surface area contributed by atoms with Crippen LogP contribution in [0, 0.1) is 0 Å². The molecule has 0 fully saturated rings. The topological polar surface area (TPSA) is 24.1 Å². The number of nitrogens with one attached hydrogen (secondary N) is 2. The predicted molar refractivity (Wildman–Crippen MR) is 208 cm³/mol. The summed E-state index contributed by atoms with van der Waals surface area (Å²) in [4.78, 5) is 0. The number of hydrogen-bond acceptors (Lipinski definition) is 2. The molecule has 0 bridgehead atoms. The van der Waals surface area contributed by atoms with Crippen molar-refractivity contribution in [3.63, 3.8) is 0 Å². The first-order valence-corrected chi connectivity index (χ1v) is 16.5. The van der Waals surface area contributed by atoms with Gasteiger partial charge in [0.1, 0.15) is 0 Å². The summed E-state index contributed by atoms with van der Waals surface area (Å²) in [7, 11) is 0. The minimum Gasteiger partial charge on any atom is -0.356 e. The van der Waals surface area contributed by atoms with E-state index in [4.69, 9.17) is 0 Å². The van der Waals surface area contributed by atoms with Crippen LogP contribution < -0.4 is 10.6 Å². The van der Waals surface area contributed by atoms with Gasteiger partial charge < -0.3 is 10.6 Å². The van der Waals surface area contributed by atoms with Crippen LogP contribution in [0.4, 0.5) is 22.7 Å². The van der Waals surface area contributed by atoms with Gasteiger partial charge in [-0.05, 0) is 143 Å². The minimum absolute atomic E-state index is 1.08. The van der Waals surface area contributed by atoms with Gasteiger partial charge in [-0.3, -0.25) is 0 Å². The summed E-state index contributed by atoms with van der Waals surface area (Å²) >= 11 is 0. The van der Waals surface area contributed by atoms with Crippen molar-refractivity contribution in [3.05, 3.63) is 170 Å². The molecule has 2 N–H and O–H groups in total. The summed E-state index contributed by atoms with van der Waals surface area (Å²) < 4.78 is 0. The zero-order valence-corrected chi connectivity index (χ0v) is 26.2. The van der Waals surface area contributed by atoms with Crippen molar-refractivity contribution in [1.29, 1.82) is 0 Å². The molecule has 10 rings (SSSR count). The molecule has 0 aliphatic rings. The third kappa shape index (κ3) is 4.42. The Balaban J connectivity index is 1.21. The highest BCUT2D eigenvalue weighted by Crippen LogP contribution is 2.42. The normalized spacial score (nSPS) is 11.8. The van der Waals surface area contributed by atoms with Crippen LogP contribution in [-0.2, 0) is 0 Å². The Bertz CT molecular complexity index is 2870. The van der Waals surface area contributed by atoms with Crippen molar-refractivity contribution >= 4 is 98.2 Å². The summed E-state index contributed by atoms with van der Waals surface area (Å²) in [5.74, 6) is 0. The van der Waals surface area contributed by atoms with Crippen molar-refractivity contribution in [2.24, 2.45) is 0 Å². The molecule has 0 saturated carbocycles. The van der Waals surface area contributed by atoms with Crippen molar-refractivity contribution in [2.45, 2.75) is 0 Å². The van der Waals surface area contributed by atoms with Gasteiger partial charge in [-0.1, -0.05) is 91.0 Å². The lowest BCUT2D eigenvalue weighted by molar-refractivity contribution is 1.57. The molecule has 0 aliphatic heterocycles. The maximum Gasteiger partial charge on any atom is 0.0550 e. The van der Waals surface area contributed by atoms with Gasteiger partial charge in [0.25, 0.3) is 0 Å². The highest BCUT2D eigenvalue weighted by molar-refractivity contribution is 6.27. The largest absolute Gasteiger partial charge is 0.356 e. The second-order valence-electron chi connectivity index (χ2n) is 12.8. The van der Waals surface area contributed by atoms with Crippen LogP contribution in [-0.4, -0.2) is 0 Å². The molecule has 0 saturated heterocycles. The maximum atomic E-state index is 3.86. The van der Waals surface area contributed by atoms with Crippen molar-refractivity contribution in [3.8, 4) is 0 Å². The van der Waals surface area contributed by atoms with Crippen LogP contribution in [0.15, 0.2) is 170 Å². The van der Waals surface area contributed by atoms with Gasteiger partial charge in [-0.2, -0.15) is 0 Å². The molecule has 0 heterocycles. The van der Waals surface area contributed by atoms with Crippen LogP contribution in [0.3, 0.4) is 0 Å². The van der Waals surface area contributed by atoms with E-state index in [1.165, 1.54) is 75.4 Å². The molecule has 0 amide bonds. The SMILES string of the molecule is c1ccc(Nc2ccc3cc4cc5ccc6c(ccc7cc8cc9ccccc9cc8c(Nc8ccccc8)c76)c5cc4cc3c2)cc1. The molecule has 0 atom stereocenters. The Morgan fingerprint density at radius 2 is 0.771 bits per heavy atom. The maximum absolute atomic E-state index is 3.86. The summed E-state index contributed by atoms with van der Waals surface area (Å²) in [6.07, 6.45) is 0. The average Bonchev–Trinajstić information content (AvgIpc) is 3.13. The highest BCUT2D eigenvalue weighted by Gasteiger charge is 2.15. The molecule has 2 heteroatoms. The summed E-state index contributed by atoms with van der Waals surface area (Å²) in [5, 5.41) is 24.8. The lowest BCUT2D eigenvalue weighted by Gasteiger charge is -2.18. The Morgan fingerprint density at radius 1 is 0.250 bits per heavy atom. The first-order valence-electron chi connectivity index (χ1n) is 16.5. The molecule has 10 aromatic carbocycles. The number of benzene rings is 10. The Hall–Kier alpha value is -6.38. The second kappa shape index (κ2) is 10.6. The van der Waals surface area contributed by atoms with E-state index in [1.807, 2.05) is 6.07 Å². The van der Waals surface area contributed by atoms with Gasteiger partial charge in [0.2, 0.25) is 0 Å². The van der Waals surface area contributed by atoms with Crippen LogP contribution >= 0.6 is 0 Å². The van der Waals surface area contributed by atoms with E-state index in [0.717, 1.165) is 22.7 Å². The van der Waals surface area contributed by atoms with Crippen molar-refractivity contribution < 1.29 is 0 Å². The monoisotopic (exact) mass is 610 g/mol. The first-order chi connectivity index (χ1) is 23.7. The number of para-hydroxylation sites is 2. The smallest absolute Gasteiger partial charge is 0.0550 e. The molecule has 10 aromatic rings. The van der Waals surface area contributed by atoms with Crippen molar-refractivity contribution in [1.82, 2.24) is 0 Å². The zero-order valence-electron chi connectivity index (χ0n) is 26.2. The number of hydrogen-bond donors (Lipinski definition) is 2. The van der Waals surface area contributed by atoms with Crippen LogP contribution in [0.2, 0.25) is 0 Å². The average molecular weight is 611 g/mol. The van der Waals surface area contributed by atoms with Gasteiger partial charge in [-0.15, -0.1) is 0 Å². The molecule has 0 radical (unpaired) electrons. The lowest BCUT2D eigenvalue weighted by Crippen LogP contribution is -1.95. The fourth-order valence-corrected chi connectivity index (χ4v) is 7.51. The predicted octanol–water partition coefficient (Wildman–Crippen LogP) is 13.2. The van der Waals surface area contributed by atoms with Gasteiger partial charge in [0.05, 0.1) is 5.69 Å². The van der Waals surface area contributed by atoms with Crippen LogP contribution in [0.1, 0.15) is 0 Å². The van der Waals surface area contributed by atoms with Crippen molar-refractivity contribution in [2.75, 3.05) is 10.6 Å². The summed E-state index contributed by atoms with van der Waals surface area (Å²) in [6.45, 7) is 0. The van der Waals surface area contributed by atoms with E-state index in [-0.39, 0.29) is 0 Å². The zero-order chi connectivity index (χ0) is 31.6. The standard InChI is InChI=1S/C46H30N2/c1-3-11-38(12-4-1)47-40-18-15-31-21-34-23-32-16-20-42-41(43(32)28-36(34)25-35(31)26-40)19-17-33-24-37-22-29-9-7-8-10-30(29)27-44(37)46(45(33)42)48-39-13-5-2-6-14-39/h1-28,47-48H. The molecule has 224 valence electrons. The Morgan fingerprint density at radius 3 is 1.58 bits per heavy atom. The fourth-order valence-electron chi connectivity index (χ4n) is 7.51. The third-order valence-corrected chi connectivity index (χ3v) is 9.82. The highest BCUT2D eigenvalue weighted by atomic mass is 14.9. The molecule has 48 heavy (non-hydrogen) atoms. The summed E-state index contributed by atoms with van der Waals surface area (Å²) in [6, 6.07) is 61.8. The van der Waals surface area contributed by atoms with E-state index in [0.29, 0.717) is 0 Å². The van der Waals surface area contributed by atoms with E-state index >= 15 is 0 Å². The molecule has 0 aromatic heterocycles. The molecule has 0 aliphatic carbocycles. The van der Waals surface area contributed by atoms with Gasteiger partial charge in [0.15, 0.2) is 0 Å². The number of rotatable bonds is 4. The molecule has 0 unspecified atom stereocenters. The first kappa shape index (κ1) is 26.8. The van der Waals surface area contributed by atoms with Gasteiger partial charge in [0, 0.05) is 27.8 Å². The summed E-state index contributed by atoms with van der Waals surface area (Å²) in [5.41, 5.74) is 4.40. The fraction of sp³-hybridized carbons (Fsp3) is 0. The van der Waals surface area contributed by atoms with Crippen LogP contribution in [0.25, 0.3) is 75.4 Å². The molecule has 2 nitrogen and oxygen atoms in total. The van der Waals surface area contributed by atoms with Crippen LogP contribution in [0.5, 0.6) is 0 Å². The third-order valence-electron chi connectivity index (χ3n) is 9.82. The van der Waals surface area contributed by atoms with Gasteiger partial charge in [-0.25, -0.2) is 0 Å². The van der Waals surface area contributed by atoms with E-state index in [9.17, 15) is 0 Å². The Kier molecular flexibility index (Phi) is 5.91. The molecular weight excluding hydrogens is 581 g/mol. The van der Waals surface area contributed by atoms with E-state index in [1.54, 1.807) is 0 Å². The van der Waals surface area contributed by atoms with E-state index < -0.39 is 0 Å².